The third-order valence-corrected chi connectivity index (χ3v) is 3.24. The van der Waals surface area contributed by atoms with Gasteiger partial charge in [0.15, 0.2) is 0 Å². The molecular weight excluding hydrogens is 248 g/mol. The average Bonchev–Trinajstić information content (AvgIpc) is 2.40. The highest BCUT2D eigenvalue weighted by Crippen LogP contribution is 2.33. The van der Waals surface area contributed by atoms with Crippen molar-refractivity contribution in [3.8, 4) is 0 Å². The van der Waals surface area contributed by atoms with Crippen molar-refractivity contribution in [1.29, 1.82) is 0 Å². The Labute approximate surface area is 112 Å². The first kappa shape index (κ1) is 14.2. The smallest absolute Gasteiger partial charge is 0.251 e. The molecule has 0 spiro atoms. The molecule has 1 fully saturated rings. The van der Waals surface area contributed by atoms with Crippen LogP contribution in [0.3, 0.4) is 0 Å². The lowest BCUT2D eigenvalue weighted by Gasteiger charge is -2.35. The molecule has 0 aromatic carbocycles. The maximum Gasteiger partial charge on any atom is 0.251 e. The van der Waals surface area contributed by atoms with Crippen molar-refractivity contribution in [3.63, 3.8) is 0 Å². The summed E-state index contributed by atoms with van der Waals surface area (Å²) in [6.45, 7) is 4.04. The molecule has 1 aliphatic heterocycles. The Morgan fingerprint density at radius 3 is 2.84 bits per heavy atom. The molecule has 1 aromatic heterocycles. The van der Waals surface area contributed by atoms with Gasteiger partial charge in [-0.1, -0.05) is 0 Å². The van der Waals surface area contributed by atoms with E-state index in [9.17, 15) is 4.79 Å². The summed E-state index contributed by atoms with van der Waals surface area (Å²) in [5, 5.41) is 0. The van der Waals surface area contributed by atoms with Crippen molar-refractivity contribution in [2.75, 3.05) is 26.9 Å². The second-order valence-electron chi connectivity index (χ2n) is 4.56. The number of ether oxygens (including phenoxy) is 3. The van der Waals surface area contributed by atoms with Gasteiger partial charge in [-0.2, -0.15) is 0 Å². The first-order valence-corrected chi connectivity index (χ1v) is 6.51. The van der Waals surface area contributed by atoms with E-state index < -0.39 is 5.60 Å². The minimum Gasteiger partial charge on any atom is -0.381 e. The van der Waals surface area contributed by atoms with Crippen LogP contribution in [0.25, 0.3) is 0 Å². The Morgan fingerprint density at radius 1 is 1.47 bits per heavy atom. The molecule has 0 radical (unpaired) electrons. The number of nitrogens with one attached hydrogen (secondary N) is 1. The molecule has 1 aromatic rings. The number of methoxy groups -OCH3 is 1. The highest BCUT2D eigenvalue weighted by Gasteiger charge is 2.37. The number of rotatable bonds is 5. The number of hydrogen-bond acceptors (Lipinski definition) is 5. The molecule has 0 atom stereocenters. The van der Waals surface area contributed by atoms with E-state index in [4.69, 9.17) is 14.2 Å². The van der Waals surface area contributed by atoms with Crippen molar-refractivity contribution in [2.45, 2.75) is 32.0 Å². The number of aromatic amines is 1. The van der Waals surface area contributed by atoms with Gasteiger partial charge in [0.25, 0.3) is 5.56 Å². The van der Waals surface area contributed by atoms with Gasteiger partial charge >= 0.3 is 0 Å². The monoisotopic (exact) mass is 268 g/mol. The lowest BCUT2D eigenvalue weighted by atomic mass is 9.93. The Morgan fingerprint density at radius 2 is 2.21 bits per heavy atom. The van der Waals surface area contributed by atoms with Gasteiger partial charge in [-0.05, 0) is 6.92 Å². The summed E-state index contributed by atoms with van der Waals surface area (Å²) >= 11 is 0. The summed E-state index contributed by atoms with van der Waals surface area (Å²) in [6, 6.07) is 1.45. The summed E-state index contributed by atoms with van der Waals surface area (Å²) in [6.07, 6.45) is 1.39. The molecule has 0 amide bonds. The van der Waals surface area contributed by atoms with E-state index >= 15 is 0 Å². The first-order valence-electron chi connectivity index (χ1n) is 6.51. The number of nitrogens with zero attached hydrogens (tertiary/aromatic N) is 1. The van der Waals surface area contributed by atoms with Crippen LogP contribution in [0.5, 0.6) is 0 Å². The number of aromatic nitrogens is 2. The van der Waals surface area contributed by atoms with Crippen LogP contribution in [-0.2, 0) is 26.4 Å². The SMILES string of the molecule is CCOC1(c2nc(COC)cc(=O)[nH]2)CCOCC1. The summed E-state index contributed by atoms with van der Waals surface area (Å²) < 4.78 is 16.3. The van der Waals surface area contributed by atoms with Crippen LogP contribution in [0.4, 0.5) is 0 Å². The lowest BCUT2D eigenvalue weighted by molar-refractivity contribution is -0.118. The molecule has 19 heavy (non-hydrogen) atoms. The van der Waals surface area contributed by atoms with E-state index in [-0.39, 0.29) is 5.56 Å². The third kappa shape index (κ3) is 3.20. The van der Waals surface area contributed by atoms with Crippen LogP contribution in [0.1, 0.15) is 31.3 Å². The molecule has 6 nitrogen and oxygen atoms in total. The predicted octanol–water partition coefficient (Wildman–Crippen LogP) is 0.958. The van der Waals surface area contributed by atoms with E-state index in [1.165, 1.54) is 6.07 Å². The van der Waals surface area contributed by atoms with E-state index in [2.05, 4.69) is 9.97 Å². The lowest BCUT2D eigenvalue weighted by Crippen LogP contribution is -2.39. The number of hydrogen-bond donors (Lipinski definition) is 1. The molecule has 2 rings (SSSR count). The fraction of sp³-hybridized carbons (Fsp3) is 0.692. The van der Waals surface area contributed by atoms with E-state index in [0.717, 1.165) is 0 Å². The highest BCUT2D eigenvalue weighted by molar-refractivity contribution is 5.09. The molecule has 0 aliphatic carbocycles. The summed E-state index contributed by atoms with van der Waals surface area (Å²) in [5.41, 5.74) is -0.106. The van der Waals surface area contributed by atoms with Gasteiger partial charge in [0.05, 0.1) is 12.3 Å². The maximum absolute atomic E-state index is 11.7. The quantitative estimate of drug-likeness (QED) is 0.861. The fourth-order valence-corrected chi connectivity index (χ4v) is 2.37. The van der Waals surface area contributed by atoms with Gasteiger partial charge in [0.1, 0.15) is 11.4 Å². The maximum atomic E-state index is 11.7. The van der Waals surface area contributed by atoms with Gasteiger partial charge in [-0.25, -0.2) is 4.98 Å². The molecular formula is C13H20N2O4. The topological polar surface area (TPSA) is 73.4 Å². The Balaban J connectivity index is 2.37. The molecule has 0 unspecified atom stereocenters. The van der Waals surface area contributed by atoms with Crippen molar-refractivity contribution in [2.24, 2.45) is 0 Å². The van der Waals surface area contributed by atoms with Crippen LogP contribution < -0.4 is 5.56 Å². The second kappa shape index (κ2) is 6.27. The van der Waals surface area contributed by atoms with Gasteiger partial charge in [-0.15, -0.1) is 0 Å². The van der Waals surface area contributed by atoms with Crippen molar-refractivity contribution in [1.82, 2.24) is 9.97 Å². The molecule has 106 valence electrons. The molecule has 0 saturated carbocycles. The van der Waals surface area contributed by atoms with Crippen molar-refractivity contribution < 1.29 is 14.2 Å². The zero-order valence-electron chi connectivity index (χ0n) is 11.4. The van der Waals surface area contributed by atoms with Crippen LogP contribution in [-0.4, -0.2) is 36.9 Å². The largest absolute Gasteiger partial charge is 0.381 e. The minimum atomic E-state index is -0.546. The number of H-pyrrole nitrogens is 1. The molecule has 1 N–H and O–H groups in total. The standard InChI is InChI=1S/C13H20N2O4/c1-3-19-13(4-6-18-7-5-13)12-14-10(9-17-2)8-11(16)15-12/h8H,3-7,9H2,1-2H3,(H,14,15,16). The first-order chi connectivity index (χ1) is 9.20. The Hall–Kier alpha value is -1.24. The molecule has 1 aliphatic rings. The van der Waals surface area contributed by atoms with Gasteiger partial charge in [0.2, 0.25) is 0 Å². The van der Waals surface area contributed by atoms with Crippen LogP contribution in [0.15, 0.2) is 10.9 Å². The summed E-state index contributed by atoms with van der Waals surface area (Å²) in [7, 11) is 1.58. The van der Waals surface area contributed by atoms with Gasteiger partial charge < -0.3 is 19.2 Å². The average molecular weight is 268 g/mol. The fourth-order valence-electron chi connectivity index (χ4n) is 2.37. The van der Waals surface area contributed by atoms with Gasteiger partial charge in [-0.3, -0.25) is 4.79 Å². The normalized spacial score (nSPS) is 18.4. The zero-order chi connectivity index (χ0) is 13.7. The van der Waals surface area contributed by atoms with Crippen molar-refractivity contribution >= 4 is 0 Å². The zero-order valence-corrected chi connectivity index (χ0v) is 11.4. The Kier molecular flexibility index (Phi) is 4.68. The molecule has 0 bridgehead atoms. The van der Waals surface area contributed by atoms with E-state index in [1.807, 2.05) is 6.92 Å². The molecule has 6 heteroatoms. The summed E-state index contributed by atoms with van der Waals surface area (Å²) in [5.74, 6) is 0.581. The predicted molar refractivity (Wildman–Crippen MR) is 68.9 cm³/mol. The van der Waals surface area contributed by atoms with Crippen molar-refractivity contribution in [3.05, 3.63) is 27.9 Å². The Bertz CT molecular complexity index is 460. The van der Waals surface area contributed by atoms with Gasteiger partial charge in [0, 0.05) is 45.8 Å². The van der Waals surface area contributed by atoms with E-state index in [0.29, 0.717) is 50.8 Å². The highest BCUT2D eigenvalue weighted by atomic mass is 16.5. The summed E-state index contributed by atoms with van der Waals surface area (Å²) in [4.78, 5) is 19.0. The van der Waals surface area contributed by atoms with Crippen LogP contribution >= 0.6 is 0 Å². The van der Waals surface area contributed by atoms with E-state index in [1.54, 1.807) is 7.11 Å². The molecule has 1 saturated heterocycles. The molecule has 2 heterocycles. The van der Waals surface area contributed by atoms with Crippen LogP contribution in [0, 0.1) is 0 Å². The third-order valence-electron chi connectivity index (χ3n) is 3.24. The minimum absolute atomic E-state index is 0.178. The van der Waals surface area contributed by atoms with Crippen LogP contribution in [0.2, 0.25) is 0 Å². The second-order valence-corrected chi connectivity index (χ2v) is 4.56.